The monoisotopic (exact) mass is 310 g/mol. The first-order valence-electron chi connectivity index (χ1n) is 8.29. The van der Waals surface area contributed by atoms with Crippen LogP contribution in [0.25, 0.3) is 0 Å². The summed E-state index contributed by atoms with van der Waals surface area (Å²) in [6.07, 6.45) is 4.08. The van der Waals surface area contributed by atoms with E-state index in [4.69, 9.17) is 9.47 Å². The van der Waals surface area contributed by atoms with Gasteiger partial charge in [0.15, 0.2) is 0 Å². The molecule has 0 aliphatic carbocycles. The van der Waals surface area contributed by atoms with Crippen molar-refractivity contribution >= 4 is 0 Å². The van der Waals surface area contributed by atoms with E-state index in [-0.39, 0.29) is 0 Å². The SMILES string of the molecule is c1ccc(OC[C@H]2CO[C@H]3CN(Cc4ccncc4)C[C@@H]23)cc1. The van der Waals surface area contributed by atoms with Crippen LogP contribution in [0.2, 0.25) is 0 Å². The summed E-state index contributed by atoms with van der Waals surface area (Å²) in [4.78, 5) is 6.57. The number of pyridine rings is 1. The Hall–Kier alpha value is -1.91. The molecule has 4 rings (SSSR count). The van der Waals surface area contributed by atoms with Gasteiger partial charge in [-0.2, -0.15) is 0 Å². The average Bonchev–Trinajstić information content (AvgIpc) is 3.15. The fraction of sp³-hybridized carbons (Fsp3) is 0.421. The van der Waals surface area contributed by atoms with Crippen molar-refractivity contribution in [3.05, 3.63) is 60.4 Å². The van der Waals surface area contributed by atoms with Crippen molar-refractivity contribution in [1.82, 2.24) is 9.88 Å². The van der Waals surface area contributed by atoms with Crippen molar-refractivity contribution in [2.45, 2.75) is 12.6 Å². The second kappa shape index (κ2) is 6.69. The van der Waals surface area contributed by atoms with E-state index in [0.29, 0.717) is 17.9 Å². The van der Waals surface area contributed by atoms with Crippen LogP contribution in [0, 0.1) is 11.8 Å². The molecule has 0 saturated carbocycles. The quantitative estimate of drug-likeness (QED) is 0.850. The van der Waals surface area contributed by atoms with E-state index in [0.717, 1.165) is 38.6 Å². The Morgan fingerprint density at radius 2 is 1.91 bits per heavy atom. The molecule has 4 nitrogen and oxygen atoms in total. The predicted molar refractivity (Wildman–Crippen MR) is 88.2 cm³/mol. The third-order valence-electron chi connectivity index (χ3n) is 4.88. The number of para-hydroxylation sites is 1. The van der Waals surface area contributed by atoms with E-state index < -0.39 is 0 Å². The minimum Gasteiger partial charge on any atom is -0.493 e. The molecule has 2 aliphatic heterocycles. The molecule has 0 N–H and O–H groups in total. The third kappa shape index (κ3) is 3.38. The first-order chi connectivity index (χ1) is 11.4. The second-order valence-electron chi connectivity index (χ2n) is 6.47. The van der Waals surface area contributed by atoms with E-state index >= 15 is 0 Å². The molecule has 4 heteroatoms. The summed E-state index contributed by atoms with van der Waals surface area (Å²) in [5.74, 6) is 2.02. The van der Waals surface area contributed by atoms with Gasteiger partial charge in [0.1, 0.15) is 5.75 Å². The molecule has 3 atom stereocenters. The van der Waals surface area contributed by atoms with Gasteiger partial charge in [-0.05, 0) is 29.8 Å². The number of nitrogens with zero attached hydrogens (tertiary/aromatic N) is 2. The van der Waals surface area contributed by atoms with Gasteiger partial charge in [-0.3, -0.25) is 9.88 Å². The van der Waals surface area contributed by atoms with Crippen LogP contribution in [0.1, 0.15) is 5.56 Å². The Morgan fingerprint density at radius 3 is 2.74 bits per heavy atom. The van der Waals surface area contributed by atoms with E-state index in [2.05, 4.69) is 22.0 Å². The summed E-state index contributed by atoms with van der Waals surface area (Å²) in [6.45, 7) is 4.66. The highest BCUT2D eigenvalue weighted by molar-refractivity contribution is 5.21. The van der Waals surface area contributed by atoms with Crippen molar-refractivity contribution in [3.8, 4) is 5.75 Å². The lowest BCUT2D eigenvalue weighted by atomic mass is 9.94. The largest absolute Gasteiger partial charge is 0.493 e. The van der Waals surface area contributed by atoms with Crippen LogP contribution in [0.5, 0.6) is 5.75 Å². The standard InChI is InChI=1S/C19H22N2O2/c1-2-4-17(5-3-1)22-13-16-14-23-19-12-21(11-18(16)19)10-15-6-8-20-9-7-15/h1-9,16,18-19H,10-14H2/t16-,18-,19-/m0/s1. The molecule has 0 amide bonds. The summed E-state index contributed by atoms with van der Waals surface area (Å²) < 4.78 is 12.0. The molecule has 2 fully saturated rings. The van der Waals surface area contributed by atoms with Crippen molar-refractivity contribution < 1.29 is 9.47 Å². The van der Waals surface area contributed by atoms with Crippen LogP contribution in [-0.2, 0) is 11.3 Å². The summed E-state index contributed by atoms with van der Waals surface area (Å²) >= 11 is 0. The third-order valence-corrected chi connectivity index (χ3v) is 4.88. The fourth-order valence-corrected chi connectivity index (χ4v) is 3.65. The summed E-state index contributed by atoms with van der Waals surface area (Å²) in [5.41, 5.74) is 1.32. The number of hydrogen-bond acceptors (Lipinski definition) is 4. The maximum absolute atomic E-state index is 6.01. The van der Waals surface area contributed by atoms with Gasteiger partial charge in [-0.15, -0.1) is 0 Å². The van der Waals surface area contributed by atoms with Crippen LogP contribution in [-0.4, -0.2) is 42.3 Å². The van der Waals surface area contributed by atoms with E-state index in [9.17, 15) is 0 Å². The fourth-order valence-electron chi connectivity index (χ4n) is 3.65. The molecule has 120 valence electrons. The Labute approximate surface area is 137 Å². The van der Waals surface area contributed by atoms with Gasteiger partial charge in [-0.25, -0.2) is 0 Å². The molecule has 2 aromatic rings. The Balaban J connectivity index is 1.32. The number of rotatable bonds is 5. The molecule has 3 heterocycles. The van der Waals surface area contributed by atoms with E-state index in [1.807, 2.05) is 42.7 Å². The minimum atomic E-state index is 0.362. The van der Waals surface area contributed by atoms with Crippen molar-refractivity contribution in [2.75, 3.05) is 26.3 Å². The van der Waals surface area contributed by atoms with Gasteiger partial charge >= 0.3 is 0 Å². The molecule has 1 aromatic carbocycles. The molecular weight excluding hydrogens is 288 g/mol. The molecule has 2 aliphatic rings. The lowest BCUT2D eigenvalue weighted by molar-refractivity contribution is 0.0897. The highest BCUT2D eigenvalue weighted by atomic mass is 16.5. The Kier molecular flexibility index (Phi) is 4.26. The molecule has 0 unspecified atom stereocenters. The van der Waals surface area contributed by atoms with Crippen LogP contribution < -0.4 is 4.74 Å². The lowest BCUT2D eigenvalue weighted by Gasteiger charge is -2.20. The zero-order valence-electron chi connectivity index (χ0n) is 13.2. The maximum Gasteiger partial charge on any atom is 0.119 e. The average molecular weight is 310 g/mol. The number of aromatic nitrogens is 1. The number of benzene rings is 1. The molecular formula is C19H22N2O2. The first-order valence-corrected chi connectivity index (χ1v) is 8.29. The number of fused-ring (bicyclic) bond motifs is 1. The molecule has 2 saturated heterocycles. The second-order valence-corrected chi connectivity index (χ2v) is 6.47. The lowest BCUT2D eigenvalue weighted by Crippen LogP contribution is -2.26. The van der Waals surface area contributed by atoms with Crippen molar-refractivity contribution in [1.29, 1.82) is 0 Å². The van der Waals surface area contributed by atoms with Gasteiger partial charge < -0.3 is 9.47 Å². The van der Waals surface area contributed by atoms with Gasteiger partial charge in [0.05, 0.1) is 19.3 Å². The van der Waals surface area contributed by atoms with Crippen LogP contribution in [0.3, 0.4) is 0 Å². The minimum absolute atomic E-state index is 0.362. The molecule has 0 radical (unpaired) electrons. The zero-order chi connectivity index (χ0) is 15.5. The van der Waals surface area contributed by atoms with Crippen LogP contribution >= 0.6 is 0 Å². The highest BCUT2D eigenvalue weighted by Gasteiger charge is 2.43. The zero-order valence-corrected chi connectivity index (χ0v) is 13.2. The molecule has 0 bridgehead atoms. The normalized spacial score (nSPS) is 27.0. The van der Waals surface area contributed by atoms with E-state index in [1.54, 1.807) is 0 Å². The predicted octanol–water partition coefficient (Wildman–Crippen LogP) is 2.61. The molecule has 0 spiro atoms. The number of ether oxygens (including phenoxy) is 2. The summed E-state index contributed by atoms with van der Waals surface area (Å²) in [7, 11) is 0. The first kappa shape index (κ1) is 14.7. The Morgan fingerprint density at radius 1 is 1.09 bits per heavy atom. The van der Waals surface area contributed by atoms with Crippen molar-refractivity contribution in [2.24, 2.45) is 11.8 Å². The maximum atomic E-state index is 6.01. The smallest absolute Gasteiger partial charge is 0.119 e. The number of hydrogen-bond donors (Lipinski definition) is 0. The summed E-state index contributed by atoms with van der Waals surface area (Å²) in [5, 5.41) is 0. The number of likely N-dealkylation sites (tertiary alicyclic amines) is 1. The van der Waals surface area contributed by atoms with Crippen LogP contribution in [0.4, 0.5) is 0 Å². The summed E-state index contributed by atoms with van der Waals surface area (Å²) in [6, 6.07) is 14.2. The van der Waals surface area contributed by atoms with Gasteiger partial charge in [-0.1, -0.05) is 18.2 Å². The van der Waals surface area contributed by atoms with Gasteiger partial charge in [0, 0.05) is 43.9 Å². The Bertz CT molecular complexity index is 620. The van der Waals surface area contributed by atoms with Crippen LogP contribution in [0.15, 0.2) is 54.9 Å². The van der Waals surface area contributed by atoms with E-state index in [1.165, 1.54) is 5.56 Å². The van der Waals surface area contributed by atoms with Gasteiger partial charge in [0.25, 0.3) is 0 Å². The van der Waals surface area contributed by atoms with Gasteiger partial charge in [0.2, 0.25) is 0 Å². The molecule has 23 heavy (non-hydrogen) atoms. The van der Waals surface area contributed by atoms with Crippen molar-refractivity contribution in [3.63, 3.8) is 0 Å². The topological polar surface area (TPSA) is 34.6 Å². The molecule has 1 aromatic heterocycles. The highest BCUT2D eigenvalue weighted by Crippen LogP contribution is 2.34.